The number of aromatic nitrogens is 4. The van der Waals surface area contributed by atoms with Crippen LogP contribution in [0.1, 0.15) is 27.5 Å². The third-order valence-electron chi connectivity index (χ3n) is 4.47. The molecule has 0 unspecified atom stereocenters. The summed E-state index contributed by atoms with van der Waals surface area (Å²) in [4.78, 5) is 16.9. The van der Waals surface area contributed by atoms with Gasteiger partial charge in [0, 0.05) is 24.4 Å². The van der Waals surface area contributed by atoms with Gasteiger partial charge in [-0.05, 0) is 43.7 Å². The van der Waals surface area contributed by atoms with Crippen LogP contribution in [0.25, 0.3) is 17.1 Å². The number of anilines is 1. The topological polar surface area (TPSA) is 85.8 Å². The van der Waals surface area contributed by atoms with Gasteiger partial charge in [-0.25, -0.2) is 9.07 Å². The molecular weight excluding hydrogens is 373 g/mol. The molecule has 0 aliphatic carbocycles. The summed E-state index contributed by atoms with van der Waals surface area (Å²) in [6, 6.07) is 11.5. The van der Waals surface area contributed by atoms with Gasteiger partial charge in [0.1, 0.15) is 5.82 Å². The average Bonchev–Trinajstić information content (AvgIpc) is 3.28. The molecule has 1 amide bonds. The van der Waals surface area contributed by atoms with E-state index in [2.05, 4.69) is 20.6 Å². The van der Waals surface area contributed by atoms with Gasteiger partial charge in [-0.2, -0.15) is 10.1 Å². The number of benzene rings is 2. The summed E-state index contributed by atoms with van der Waals surface area (Å²) < 4.78 is 20.1. The van der Waals surface area contributed by atoms with Gasteiger partial charge in [0.2, 0.25) is 11.7 Å². The van der Waals surface area contributed by atoms with Crippen molar-refractivity contribution in [3.05, 3.63) is 77.2 Å². The number of nitrogens with zero attached hydrogens (tertiary/aromatic N) is 4. The van der Waals surface area contributed by atoms with Crippen LogP contribution in [0.5, 0.6) is 0 Å². The first-order valence-corrected chi connectivity index (χ1v) is 8.95. The van der Waals surface area contributed by atoms with E-state index in [1.54, 1.807) is 30.8 Å². The lowest BCUT2D eigenvalue weighted by Crippen LogP contribution is -2.12. The van der Waals surface area contributed by atoms with Gasteiger partial charge in [0.25, 0.3) is 5.91 Å². The van der Waals surface area contributed by atoms with Gasteiger partial charge in [0.15, 0.2) is 0 Å². The summed E-state index contributed by atoms with van der Waals surface area (Å²) in [5, 5.41) is 11.1. The van der Waals surface area contributed by atoms with Crippen molar-refractivity contribution in [2.45, 2.75) is 20.8 Å². The normalized spacial score (nSPS) is 10.9. The van der Waals surface area contributed by atoms with E-state index in [0.717, 1.165) is 16.8 Å². The van der Waals surface area contributed by atoms with Crippen molar-refractivity contribution in [3.8, 4) is 17.1 Å². The Morgan fingerprint density at radius 1 is 1.14 bits per heavy atom. The Bertz CT molecular complexity index is 1210. The van der Waals surface area contributed by atoms with E-state index in [-0.39, 0.29) is 5.91 Å². The van der Waals surface area contributed by atoms with E-state index >= 15 is 0 Å². The quantitative estimate of drug-likeness (QED) is 0.562. The van der Waals surface area contributed by atoms with Crippen LogP contribution in [0.15, 0.2) is 53.2 Å². The largest absolute Gasteiger partial charge is 0.339 e. The number of halogens is 1. The number of rotatable bonds is 4. The van der Waals surface area contributed by atoms with E-state index in [9.17, 15) is 9.18 Å². The molecule has 2 aromatic heterocycles. The Balaban J connectivity index is 1.66. The van der Waals surface area contributed by atoms with E-state index < -0.39 is 5.82 Å². The lowest BCUT2D eigenvalue weighted by atomic mass is 10.1. The second-order valence-electron chi connectivity index (χ2n) is 6.68. The standard InChI is InChI=1S/C21H18FN5O2/c1-12-7-8-15(20-23-14(3)29-26-20)9-19(12)27-11-18(13(2)25-27)21(28)24-17-6-4-5-16(22)10-17/h4-11H,1-3H3,(H,24,28). The highest BCUT2D eigenvalue weighted by molar-refractivity contribution is 6.04. The van der Waals surface area contributed by atoms with E-state index in [0.29, 0.717) is 28.7 Å². The number of carbonyl (C=O) groups is 1. The lowest BCUT2D eigenvalue weighted by molar-refractivity contribution is 0.102. The Morgan fingerprint density at radius 2 is 1.97 bits per heavy atom. The van der Waals surface area contributed by atoms with Crippen molar-refractivity contribution in [1.29, 1.82) is 0 Å². The molecule has 0 fully saturated rings. The van der Waals surface area contributed by atoms with Crippen LogP contribution in [0.2, 0.25) is 0 Å². The highest BCUT2D eigenvalue weighted by Crippen LogP contribution is 2.24. The van der Waals surface area contributed by atoms with Crippen molar-refractivity contribution in [2.75, 3.05) is 5.32 Å². The molecule has 2 heterocycles. The maximum atomic E-state index is 13.4. The van der Waals surface area contributed by atoms with Gasteiger partial charge in [0.05, 0.1) is 16.9 Å². The highest BCUT2D eigenvalue weighted by Gasteiger charge is 2.16. The molecule has 8 heteroatoms. The molecule has 0 spiro atoms. The van der Waals surface area contributed by atoms with Crippen LogP contribution in [-0.2, 0) is 0 Å². The van der Waals surface area contributed by atoms with E-state index in [4.69, 9.17) is 4.52 Å². The number of nitrogens with one attached hydrogen (secondary N) is 1. The molecule has 146 valence electrons. The maximum Gasteiger partial charge on any atom is 0.259 e. The number of hydrogen-bond donors (Lipinski definition) is 1. The first kappa shape index (κ1) is 18.5. The highest BCUT2D eigenvalue weighted by atomic mass is 19.1. The lowest BCUT2D eigenvalue weighted by Gasteiger charge is -2.07. The van der Waals surface area contributed by atoms with Crippen LogP contribution in [0.4, 0.5) is 10.1 Å². The molecule has 1 N–H and O–H groups in total. The number of aryl methyl sites for hydroxylation is 3. The molecule has 0 saturated heterocycles. The molecule has 0 aliphatic heterocycles. The minimum Gasteiger partial charge on any atom is -0.339 e. The second kappa shape index (κ2) is 7.31. The minimum absolute atomic E-state index is 0.359. The smallest absolute Gasteiger partial charge is 0.259 e. The van der Waals surface area contributed by atoms with Gasteiger partial charge in [-0.15, -0.1) is 0 Å². The summed E-state index contributed by atoms with van der Waals surface area (Å²) in [5.74, 6) is 0.186. The molecule has 4 rings (SSSR count). The monoisotopic (exact) mass is 391 g/mol. The fraction of sp³-hybridized carbons (Fsp3) is 0.143. The number of carbonyl (C=O) groups excluding carboxylic acids is 1. The molecule has 0 radical (unpaired) electrons. The van der Waals surface area contributed by atoms with Crippen molar-refractivity contribution in [1.82, 2.24) is 19.9 Å². The van der Waals surface area contributed by atoms with E-state index in [1.165, 1.54) is 18.2 Å². The molecule has 4 aromatic rings. The van der Waals surface area contributed by atoms with Gasteiger partial charge in [-0.1, -0.05) is 23.4 Å². The Hall–Kier alpha value is -3.81. The summed E-state index contributed by atoms with van der Waals surface area (Å²) in [7, 11) is 0. The zero-order chi connectivity index (χ0) is 20.5. The van der Waals surface area contributed by atoms with Crippen molar-refractivity contribution in [3.63, 3.8) is 0 Å². The molecule has 29 heavy (non-hydrogen) atoms. The number of hydrogen-bond acceptors (Lipinski definition) is 5. The molecule has 0 saturated carbocycles. The summed E-state index contributed by atoms with van der Waals surface area (Å²) >= 11 is 0. The molecule has 0 atom stereocenters. The zero-order valence-electron chi connectivity index (χ0n) is 16.1. The maximum absolute atomic E-state index is 13.4. The van der Waals surface area contributed by atoms with Crippen molar-refractivity contribution >= 4 is 11.6 Å². The first-order chi connectivity index (χ1) is 13.9. The predicted octanol–water partition coefficient (Wildman–Crippen LogP) is 4.24. The Morgan fingerprint density at radius 3 is 2.69 bits per heavy atom. The van der Waals surface area contributed by atoms with Crippen LogP contribution in [0, 0.1) is 26.6 Å². The van der Waals surface area contributed by atoms with Crippen molar-refractivity contribution < 1.29 is 13.7 Å². The minimum atomic E-state index is -0.417. The first-order valence-electron chi connectivity index (χ1n) is 8.95. The molecule has 0 bridgehead atoms. The molecule has 7 nitrogen and oxygen atoms in total. The third kappa shape index (κ3) is 3.77. The predicted molar refractivity (Wildman–Crippen MR) is 105 cm³/mol. The SMILES string of the molecule is Cc1nc(-c2ccc(C)c(-n3cc(C(=O)Nc4cccc(F)c4)c(C)n3)c2)no1. The van der Waals surface area contributed by atoms with Crippen LogP contribution < -0.4 is 5.32 Å². The van der Waals surface area contributed by atoms with Crippen LogP contribution in [-0.4, -0.2) is 25.8 Å². The summed E-state index contributed by atoms with van der Waals surface area (Å²) in [6.07, 6.45) is 1.65. The third-order valence-corrected chi connectivity index (χ3v) is 4.47. The van der Waals surface area contributed by atoms with Crippen molar-refractivity contribution in [2.24, 2.45) is 0 Å². The second-order valence-corrected chi connectivity index (χ2v) is 6.68. The summed E-state index contributed by atoms with van der Waals surface area (Å²) in [6.45, 7) is 5.43. The number of amides is 1. The van der Waals surface area contributed by atoms with Gasteiger partial charge >= 0.3 is 0 Å². The van der Waals surface area contributed by atoms with Gasteiger partial charge in [-0.3, -0.25) is 4.79 Å². The molecule has 2 aromatic carbocycles. The Kier molecular flexibility index (Phi) is 4.67. The fourth-order valence-electron chi connectivity index (χ4n) is 2.98. The van der Waals surface area contributed by atoms with Crippen LogP contribution >= 0.6 is 0 Å². The molecular formula is C21H18FN5O2. The van der Waals surface area contributed by atoms with Gasteiger partial charge < -0.3 is 9.84 Å². The average molecular weight is 391 g/mol. The zero-order valence-corrected chi connectivity index (χ0v) is 16.1. The van der Waals surface area contributed by atoms with E-state index in [1.807, 2.05) is 25.1 Å². The summed E-state index contributed by atoms with van der Waals surface area (Å²) in [5.41, 5.74) is 3.87. The fourth-order valence-corrected chi connectivity index (χ4v) is 2.98. The Labute approximate surface area is 166 Å². The molecule has 0 aliphatic rings. The van der Waals surface area contributed by atoms with Crippen LogP contribution in [0.3, 0.4) is 0 Å².